The summed E-state index contributed by atoms with van der Waals surface area (Å²) in [7, 11) is 0. The van der Waals surface area contributed by atoms with Gasteiger partial charge in [0.1, 0.15) is 24.2 Å². The summed E-state index contributed by atoms with van der Waals surface area (Å²) in [6.45, 7) is -0.533. The number of hydrogen-bond acceptors (Lipinski definition) is 3. The minimum atomic E-state index is -1.55. The normalized spacial score (nSPS) is 19.8. The Bertz CT molecular complexity index is 693. The fourth-order valence-corrected chi connectivity index (χ4v) is 2.34. The topological polar surface area (TPSA) is 53.2 Å². The van der Waals surface area contributed by atoms with Gasteiger partial charge in [-0.2, -0.15) is 5.26 Å². The van der Waals surface area contributed by atoms with Crippen LogP contribution in [0.2, 0.25) is 0 Å². The van der Waals surface area contributed by atoms with E-state index in [2.05, 4.69) is 0 Å². The van der Waals surface area contributed by atoms with Gasteiger partial charge in [0.15, 0.2) is 0 Å². The summed E-state index contributed by atoms with van der Waals surface area (Å²) in [5.41, 5.74) is 0.304. The predicted octanol–water partition coefficient (Wildman–Crippen LogP) is 2.60. The zero-order chi connectivity index (χ0) is 13.5. The van der Waals surface area contributed by atoms with E-state index < -0.39 is 18.0 Å². The molecule has 3 rings (SSSR count). The number of benzene rings is 2. The van der Waals surface area contributed by atoms with Crippen LogP contribution in [-0.4, -0.2) is 11.7 Å². The van der Waals surface area contributed by atoms with E-state index in [0.717, 1.165) is 5.56 Å². The van der Waals surface area contributed by atoms with E-state index >= 15 is 0 Å². The molecule has 0 bridgehead atoms. The van der Waals surface area contributed by atoms with Gasteiger partial charge in [0.25, 0.3) is 0 Å². The van der Waals surface area contributed by atoms with Gasteiger partial charge in [-0.05, 0) is 23.8 Å². The molecule has 0 amide bonds. The lowest BCUT2D eigenvalue weighted by Gasteiger charge is -2.33. The Kier molecular flexibility index (Phi) is 2.51. The summed E-state index contributed by atoms with van der Waals surface area (Å²) in [5, 5.41) is 18.9. The highest BCUT2D eigenvalue weighted by Gasteiger charge is 2.41. The second-order valence-corrected chi connectivity index (χ2v) is 4.39. The van der Waals surface area contributed by atoms with Crippen molar-refractivity contribution in [3.63, 3.8) is 0 Å². The molecule has 2 aromatic carbocycles. The zero-order valence-corrected chi connectivity index (χ0v) is 9.93. The third-order valence-electron chi connectivity index (χ3n) is 3.28. The van der Waals surface area contributed by atoms with Crippen LogP contribution in [0.25, 0.3) is 11.1 Å². The standard InChI is InChI=1S/C15H10FNO2/c16-10-5-6-11-12-3-1-2-4-14(12)19-15(8-17,9-18)13(11)7-10/h1-7,18H,9H2. The van der Waals surface area contributed by atoms with Crippen molar-refractivity contribution in [3.8, 4) is 22.9 Å². The predicted molar refractivity (Wildman–Crippen MR) is 66.8 cm³/mol. The third-order valence-corrected chi connectivity index (χ3v) is 3.28. The van der Waals surface area contributed by atoms with E-state index in [9.17, 15) is 14.8 Å². The number of aliphatic hydroxyl groups excluding tert-OH is 1. The molecule has 0 aromatic heterocycles. The number of nitrogens with zero attached hydrogens (tertiary/aromatic N) is 1. The van der Waals surface area contributed by atoms with Crippen molar-refractivity contribution in [3.05, 3.63) is 53.8 Å². The van der Waals surface area contributed by atoms with Crippen LogP contribution in [0, 0.1) is 17.1 Å². The molecule has 0 saturated heterocycles. The van der Waals surface area contributed by atoms with Crippen molar-refractivity contribution in [2.75, 3.05) is 6.61 Å². The van der Waals surface area contributed by atoms with Gasteiger partial charge in [-0.25, -0.2) is 4.39 Å². The van der Waals surface area contributed by atoms with Gasteiger partial charge in [-0.3, -0.25) is 0 Å². The Morgan fingerprint density at radius 1 is 1.21 bits per heavy atom. The van der Waals surface area contributed by atoms with Crippen LogP contribution in [0.4, 0.5) is 4.39 Å². The summed E-state index contributed by atoms with van der Waals surface area (Å²) < 4.78 is 19.1. The van der Waals surface area contributed by atoms with Gasteiger partial charge >= 0.3 is 0 Å². The molecule has 19 heavy (non-hydrogen) atoms. The van der Waals surface area contributed by atoms with E-state index in [1.165, 1.54) is 12.1 Å². The highest BCUT2D eigenvalue weighted by Crippen LogP contribution is 2.44. The Balaban J connectivity index is 2.35. The Labute approximate surface area is 109 Å². The average Bonchev–Trinajstić information content (AvgIpc) is 2.46. The lowest BCUT2D eigenvalue weighted by molar-refractivity contribution is 0.0519. The van der Waals surface area contributed by atoms with Gasteiger partial charge in [0, 0.05) is 11.1 Å². The number of aliphatic hydroxyl groups is 1. The number of halogens is 1. The molecule has 1 aliphatic heterocycles. The van der Waals surface area contributed by atoms with E-state index in [-0.39, 0.29) is 0 Å². The molecule has 0 saturated carbocycles. The Morgan fingerprint density at radius 2 is 2.00 bits per heavy atom. The summed E-state index contributed by atoms with van der Waals surface area (Å²) in [6, 6.07) is 13.3. The molecule has 0 radical (unpaired) electrons. The second-order valence-electron chi connectivity index (χ2n) is 4.39. The molecule has 1 atom stereocenters. The number of rotatable bonds is 1. The number of ether oxygens (including phenoxy) is 1. The smallest absolute Gasteiger partial charge is 0.243 e. The largest absolute Gasteiger partial charge is 0.465 e. The highest BCUT2D eigenvalue weighted by molar-refractivity contribution is 5.77. The molecule has 0 fully saturated rings. The average molecular weight is 255 g/mol. The molecular formula is C15H10FNO2. The highest BCUT2D eigenvalue weighted by atomic mass is 19.1. The fraction of sp³-hybridized carbons (Fsp3) is 0.133. The molecule has 2 aromatic rings. The van der Waals surface area contributed by atoms with Crippen molar-refractivity contribution >= 4 is 0 Å². The molecule has 1 aliphatic rings. The maximum absolute atomic E-state index is 13.4. The maximum Gasteiger partial charge on any atom is 0.243 e. The van der Waals surface area contributed by atoms with Crippen LogP contribution >= 0.6 is 0 Å². The first kappa shape index (κ1) is 11.7. The van der Waals surface area contributed by atoms with Crippen LogP contribution in [0.3, 0.4) is 0 Å². The molecule has 94 valence electrons. The van der Waals surface area contributed by atoms with E-state index in [0.29, 0.717) is 16.9 Å². The molecule has 1 heterocycles. The lowest BCUT2D eigenvalue weighted by atomic mass is 9.85. The third kappa shape index (κ3) is 1.60. The summed E-state index contributed by atoms with van der Waals surface area (Å²) in [4.78, 5) is 0. The molecule has 1 unspecified atom stereocenters. The maximum atomic E-state index is 13.4. The quantitative estimate of drug-likeness (QED) is 0.852. The molecule has 1 N–H and O–H groups in total. The first-order valence-corrected chi connectivity index (χ1v) is 5.81. The van der Waals surface area contributed by atoms with Crippen LogP contribution in [0.15, 0.2) is 42.5 Å². The lowest BCUT2D eigenvalue weighted by Crippen LogP contribution is -2.38. The van der Waals surface area contributed by atoms with Crippen LogP contribution < -0.4 is 4.74 Å². The molecule has 0 spiro atoms. The first-order valence-electron chi connectivity index (χ1n) is 5.81. The van der Waals surface area contributed by atoms with E-state index in [1.54, 1.807) is 18.2 Å². The Morgan fingerprint density at radius 3 is 2.74 bits per heavy atom. The molecule has 3 nitrogen and oxygen atoms in total. The molecular weight excluding hydrogens is 245 g/mol. The van der Waals surface area contributed by atoms with Crippen molar-refractivity contribution in [1.82, 2.24) is 0 Å². The fourth-order valence-electron chi connectivity index (χ4n) is 2.34. The van der Waals surface area contributed by atoms with E-state index in [1.807, 2.05) is 18.2 Å². The van der Waals surface area contributed by atoms with E-state index in [4.69, 9.17) is 4.74 Å². The van der Waals surface area contributed by atoms with Crippen LogP contribution in [0.1, 0.15) is 5.56 Å². The summed E-state index contributed by atoms with van der Waals surface area (Å²) >= 11 is 0. The van der Waals surface area contributed by atoms with Gasteiger partial charge in [-0.15, -0.1) is 0 Å². The molecule has 4 heteroatoms. The first-order chi connectivity index (χ1) is 9.20. The van der Waals surface area contributed by atoms with Crippen LogP contribution in [-0.2, 0) is 5.60 Å². The van der Waals surface area contributed by atoms with Crippen LogP contribution in [0.5, 0.6) is 5.75 Å². The zero-order valence-electron chi connectivity index (χ0n) is 9.93. The number of fused-ring (bicyclic) bond motifs is 3. The minimum absolute atomic E-state index is 0.358. The molecule has 0 aliphatic carbocycles. The van der Waals surface area contributed by atoms with Gasteiger partial charge in [0.2, 0.25) is 5.60 Å². The van der Waals surface area contributed by atoms with Crippen molar-refractivity contribution in [1.29, 1.82) is 5.26 Å². The van der Waals surface area contributed by atoms with Crippen molar-refractivity contribution in [2.45, 2.75) is 5.60 Å². The van der Waals surface area contributed by atoms with Gasteiger partial charge < -0.3 is 9.84 Å². The summed E-state index contributed by atoms with van der Waals surface area (Å²) in [6.07, 6.45) is 0. The monoisotopic (exact) mass is 255 g/mol. The number of para-hydroxylation sites is 1. The summed E-state index contributed by atoms with van der Waals surface area (Å²) in [5.74, 6) is 0.0482. The SMILES string of the molecule is N#CC1(CO)Oc2ccccc2-c2ccc(F)cc21. The minimum Gasteiger partial charge on any atom is -0.465 e. The number of nitriles is 1. The Hall–Kier alpha value is -2.38. The number of hydrogen-bond donors (Lipinski definition) is 1. The van der Waals surface area contributed by atoms with Crippen molar-refractivity contribution < 1.29 is 14.2 Å². The van der Waals surface area contributed by atoms with Crippen molar-refractivity contribution in [2.24, 2.45) is 0 Å². The second kappa shape index (κ2) is 4.08. The van der Waals surface area contributed by atoms with Gasteiger partial charge in [0.05, 0.1) is 0 Å². The van der Waals surface area contributed by atoms with Gasteiger partial charge in [-0.1, -0.05) is 24.3 Å².